The standard InChI is InChI=1S/C7H13N5OS/c1-2-9-6(12-8)10-3-5-4-14-7(13)11-5/h4H,2-3,8H2,1H3,(H,11,13)(H2,9,10,12). The molecule has 0 unspecified atom stereocenters. The molecule has 0 spiro atoms. The zero-order valence-corrected chi connectivity index (χ0v) is 8.65. The van der Waals surface area contributed by atoms with Crippen LogP contribution in [0.25, 0.3) is 0 Å². The highest BCUT2D eigenvalue weighted by molar-refractivity contribution is 7.07. The summed E-state index contributed by atoms with van der Waals surface area (Å²) in [4.78, 5) is 17.5. The molecular formula is C7H13N5OS. The van der Waals surface area contributed by atoms with Gasteiger partial charge in [0, 0.05) is 11.9 Å². The molecule has 0 aromatic carbocycles. The molecule has 0 bridgehead atoms. The van der Waals surface area contributed by atoms with E-state index >= 15 is 0 Å². The van der Waals surface area contributed by atoms with Gasteiger partial charge in [0.2, 0.25) is 5.96 Å². The summed E-state index contributed by atoms with van der Waals surface area (Å²) in [6.45, 7) is 3.09. The summed E-state index contributed by atoms with van der Waals surface area (Å²) < 4.78 is 0. The maximum absolute atomic E-state index is 10.8. The number of hydrogen-bond acceptors (Lipinski definition) is 4. The van der Waals surface area contributed by atoms with Crippen LogP contribution in [0.2, 0.25) is 0 Å². The van der Waals surface area contributed by atoms with Gasteiger partial charge in [0.1, 0.15) is 0 Å². The van der Waals surface area contributed by atoms with Crippen molar-refractivity contribution in [3.05, 3.63) is 20.7 Å². The summed E-state index contributed by atoms with van der Waals surface area (Å²) in [5.74, 6) is 5.73. The molecule has 0 fully saturated rings. The zero-order valence-electron chi connectivity index (χ0n) is 7.83. The Morgan fingerprint density at radius 3 is 3.07 bits per heavy atom. The van der Waals surface area contributed by atoms with E-state index in [2.05, 4.69) is 20.7 Å². The highest BCUT2D eigenvalue weighted by Gasteiger charge is 1.96. The molecule has 0 aliphatic rings. The minimum atomic E-state index is -0.0686. The number of rotatable bonds is 3. The highest BCUT2D eigenvalue weighted by Crippen LogP contribution is 1.96. The predicted octanol–water partition coefficient (Wildman–Crippen LogP) is -0.635. The second kappa shape index (κ2) is 5.40. The smallest absolute Gasteiger partial charge is 0.304 e. The molecular weight excluding hydrogens is 202 g/mol. The predicted molar refractivity (Wildman–Crippen MR) is 57.1 cm³/mol. The molecule has 1 aromatic rings. The molecule has 78 valence electrons. The van der Waals surface area contributed by atoms with Crippen LogP contribution >= 0.6 is 11.3 Å². The van der Waals surface area contributed by atoms with Crippen molar-refractivity contribution < 1.29 is 0 Å². The Kier molecular flexibility index (Phi) is 4.14. The Hall–Kier alpha value is -1.34. The van der Waals surface area contributed by atoms with Gasteiger partial charge in [-0.3, -0.25) is 10.2 Å². The highest BCUT2D eigenvalue weighted by atomic mass is 32.1. The summed E-state index contributed by atoms with van der Waals surface area (Å²) in [7, 11) is 0. The molecule has 1 rings (SSSR count). The summed E-state index contributed by atoms with van der Waals surface area (Å²) in [6.07, 6.45) is 0. The number of nitrogens with two attached hydrogens (primary N) is 1. The van der Waals surface area contributed by atoms with Crippen molar-refractivity contribution in [2.24, 2.45) is 10.8 Å². The fourth-order valence-electron chi connectivity index (χ4n) is 0.876. The Balaban J connectivity index is 2.56. The third kappa shape index (κ3) is 3.19. The molecule has 0 atom stereocenters. The van der Waals surface area contributed by atoms with Crippen LogP contribution in [-0.2, 0) is 6.54 Å². The van der Waals surface area contributed by atoms with Gasteiger partial charge < -0.3 is 10.3 Å². The topological polar surface area (TPSA) is 95.3 Å². The van der Waals surface area contributed by atoms with Crippen molar-refractivity contribution in [2.45, 2.75) is 13.5 Å². The number of aromatic nitrogens is 1. The van der Waals surface area contributed by atoms with Crippen molar-refractivity contribution in [1.29, 1.82) is 0 Å². The largest absolute Gasteiger partial charge is 0.356 e. The third-order valence-corrected chi connectivity index (χ3v) is 2.18. The Morgan fingerprint density at radius 2 is 2.57 bits per heavy atom. The van der Waals surface area contributed by atoms with E-state index in [1.54, 1.807) is 5.38 Å². The maximum atomic E-state index is 10.8. The van der Waals surface area contributed by atoms with E-state index in [-0.39, 0.29) is 4.87 Å². The van der Waals surface area contributed by atoms with Crippen molar-refractivity contribution in [2.75, 3.05) is 6.54 Å². The van der Waals surface area contributed by atoms with Crippen LogP contribution in [0.4, 0.5) is 0 Å². The number of guanidine groups is 1. The normalized spacial score (nSPS) is 11.4. The van der Waals surface area contributed by atoms with Crippen molar-refractivity contribution in [3.8, 4) is 0 Å². The fraction of sp³-hybridized carbons (Fsp3) is 0.429. The Bertz CT molecular complexity index is 355. The molecule has 7 heteroatoms. The summed E-state index contributed by atoms with van der Waals surface area (Å²) in [5.41, 5.74) is 3.21. The van der Waals surface area contributed by atoms with E-state index < -0.39 is 0 Å². The van der Waals surface area contributed by atoms with Gasteiger partial charge in [0.05, 0.1) is 12.2 Å². The molecule has 0 aliphatic heterocycles. The van der Waals surface area contributed by atoms with Gasteiger partial charge in [0.15, 0.2) is 0 Å². The van der Waals surface area contributed by atoms with E-state index in [0.29, 0.717) is 12.5 Å². The van der Waals surface area contributed by atoms with E-state index in [9.17, 15) is 4.79 Å². The summed E-state index contributed by atoms with van der Waals surface area (Å²) in [5, 5.41) is 4.68. The SMILES string of the molecule is CCNC(=NCc1csc(=O)[nH]1)NN. The van der Waals surface area contributed by atoms with Crippen LogP contribution in [0.1, 0.15) is 12.6 Å². The van der Waals surface area contributed by atoms with Crippen molar-refractivity contribution in [3.63, 3.8) is 0 Å². The van der Waals surface area contributed by atoms with E-state index in [4.69, 9.17) is 5.84 Å². The average Bonchev–Trinajstić information content (AvgIpc) is 2.59. The first-order valence-corrected chi connectivity index (χ1v) is 5.06. The van der Waals surface area contributed by atoms with E-state index in [0.717, 1.165) is 23.6 Å². The first-order valence-electron chi connectivity index (χ1n) is 4.18. The minimum Gasteiger partial charge on any atom is -0.356 e. The Morgan fingerprint density at radius 1 is 1.79 bits per heavy atom. The Labute approximate surface area is 85.2 Å². The van der Waals surface area contributed by atoms with Gasteiger partial charge in [0.25, 0.3) is 0 Å². The zero-order chi connectivity index (χ0) is 10.4. The van der Waals surface area contributed by atoms with Crippen molar-refractivity contribution >= 4 is 17.3 Å². The van der Waals surface area contributed by atoms with Gasteiger partial charge in [-0.15, -0.1) is 0 Å². The number of nitrogens with one attached hydrogen (secondary N) is 3. The van der Waals surface area contributed by atoms with Gasteiger partial charge >= 0.3 is 4.87 Å². The number of aliphatic imine (C=N–C) groups is 1. The second-order valence-corrected chi connectivity index (χ2v) is 3.36. The molecule has 6 nitrogen and oxygen atoms in total. The van der Waals surface area contributed by atoms with Gasteiger partial charge in [-0.1, -0.05) is 11.3 Å². The third-order valence-electron chi connectivity index (χ3n) is 1.46. The number of aromatic amines is 1. The lowest BCUT2D eigenvalue weighted by Gasteiger charge is -2.05. The first kappa shape index (κ1) is 10.7. The van der Waals surface area contributed by atoms with E-state index in [1.165, 1.54) is 0 Å². The molecule has 0 saturated heterocycles. The van der Waals surface area contributed by atoms with Crippen LogP contribution in [0.5, 0.6) is 0 Å². The summed E-state index contributed by atoms with van der Waals surface area (Å²) >= 11 is 1.12. The molecule has 1 aromatic heterocycles. The average molecular weight is 215 g/mol. The molecule has 0 saturated carbocycles. The van der Waals surface area contributed by atoms with Gasteiger partial charge in [-0.25, -0.2) is 10.8 Å². The molecule has 0 aliphatic carbocycles. The van der Waals surface area contributed by atoms with Crippen LogP contribution in [0, 0.1) is 0 Å². The van der Waals surface area contributed by atoms with Crippen LogP contribution < -0.4 is 21.5 Å². The molecule has 1 heterocycles. The summed E-state index contributed by atoms with van der Waals surface area (Å²) in [6, 6.07) is 0. The van der Waals surface area contributed by atoms with Crippen LogP contribution in [0.15, 0.2) is 15.2 Å². The van der Waals surface area contributed by atoms with E-state index in [1.807, 2.05) is 6.92 Å². The fourth-order valence-corrected chi connectivity index (χ4v) is 1.45. The number of nitrogens with zero attached hydrogens (tertiary/aromatic N) is 1. The molecule has 0 amide bonds. The lowest BCUT2D eigenvalue weighted by atomic mass is 10.5. The van der Waals surface area contributed by atoms with Crippen LogP contribution in [-0.4, -0.2) is 17.5 Å². The second-order valence-electron chi connectivity index (χ2n) is 2.51. The monoisotopic (exact) mass is 215 g/mol. The number of H-pyrrole nitrogens is 1. The molecule has 14 heavy (non-hydrogen) atoms. The quantitative estimate of drug-likeness (QED) is 0.233. The minimum absolute atomic E-state index is 0.0686. The number of hydrogen-bond donors (Lipinski definition) is 4. The molecule has 5 N–H and O–H groups in total. The van der Waals surface area contributed by atoms with Gasteiger partial charge in [-0.2, -0.15) is 0 Å². The van der Waals surface area contributed by atoms with Gasteiger partial charge in [-0.05, 0) is 6.92 Å². The lowest BCUT2D eigenvalue weighted by molar-refractivity contribution is 0.846. The number of thiazole rings is 1. The van der Waals surface area contributed by atoms with Crippen LogP contribution in [0.3, 0.4) is 0 Å². The first-order chi connectivity index (χ1) is 6.76. The van der Waals surface area contributed by atoms with Crippen molar-refractivity contribution in [1.82, 2.24) is 15.7 Å². The number of hydrazine groups is 1. The lowest BCUT2D eigenvalue weighted by Crippen LogP contribution is -2.41. The maximum Gasteiger partial charge on any atom is 0.304 e. The molecule has 0 radical (unpaired) electrons.